The zero-order chi connectivity index (χ0) is 23.8. The van der Waals surface area contributed by atoms with Crippen molar-refractivity contribution < 1.29 is 27.1 Å². The summed E-state index contributed by atoms with van der Waals surface area (Å²) < 4.78 is 53.7. The van der Waals surface area contributed by atoms with Gasteiger partial charge in [0.15, 0.2) is 0 Å². The minimum absolute atomic E-state index is 0.0264. The Hall–Kier alpha value is -3.22. The quantitative estimate of drug-likeness (QED) is 0.665. The number of morpholine rings is 1. The number of amides is 1. The molecule has 2 atom stereocenters. The first kappa shape index (κ1) is 23.0. The summed E-state index contributed by atoms with van der Waals surface area (Å²) in [6.45, 7) is 13.6. The summed E-state index contributed by atoms with van der Waals surface area (Å²) >= 11 is 5.90. The van der Waals surface area contributed by atoms with Crippen molar-refractivity contribution in [3.05, 3.63) is 70.1 Å². The molecule has 1 N–H and O–H groups in total. The largest absolute Gasteiger partial charge is 0.486 e. The van der Waals surface area contributed by atoms with Crippen molar-refractivity contribution in [3.63, 3.8) is 0 Å². The lowest BCUT2D eigenvalue weighted by atomic mass is 9.98. The van der Waals surface area contributed by atoms with E-state index in [0.717, 1.165) is 10.4 Å². The third kappa shape index (κ3) is 4.24. The average molecular weight is 491 g/mol. The van der Waals surface area contributed by atoms with E-state index in [1.54, 1.807) is 0 Å². The van der Waals surface area contributed by atoms with Gasteiger partial charge in [0.1, 0.15) is 29.9 Å². The highest BCUT2D eigenvalue weighted by molar-refractivity contribution is 7.89. The van der Waals surface area contributed by atoms with E-state index in [2.05, 4.69) is 15.0 Å². The molecular weight excluding hydrogens is 475 g/mol. The fraction of sp³-hybridized carbons (Fsp3) is 0.286. The monoisotopic (exact) mass is 490 g/mol. The number of carbonyl (C=O) groups excluding carboxylic acids is 1. The van der Waals surface area contributed by atoms with Crippen LogP contribution in [0.3, 0.4) is 0 Å². The number of hydrogen-bond donors (Lipinski definition) is 1. The summed E-state index contributed by atoms with van der Waals surface area (Å²) in [6.07, 6.45) is -0.908. The summed E-state index contributed by atoms with van der Waals surface area (Å²) in [6, 6.07) is 7.60. The SMILES string of the molecule is [C-]#[N+]c1ccc(O[C@H]2CN(S(=O)(=O)c3ccc(Cl)cc3[N+]#[C-])C[C@]23CNC(=O)CO3)cc1F. The lowest BCUT2D eigenvalue weighted by Crippen LogP contribution is -2.60. The van der Waals surface area contributed by atoms with Crippen LogP contribution in [0.1, 0.15) is 0 Å². The topological polar surface area (TPSA) is 93.7 Å². The second kappa shape index (κ2) is 8.61. The third-order valence-electron chi connectivity index (χ3n) is 5.45. The number of ether oxygens (including phenoxy) is 2. The van der Waals surface area contributed by atoms with Crippen molar-refractivity contribution in [3.8, 4) is 5.75 Å². The molecule has 0 aliphatic carbocycles. The first-order valence-electron chi connectivity index (χ1n) is 9.60. The zero-order valence-electron chi connectivity index (χ0n) is 16.9. The predicted octanol–water partition coefficient (Wildman–Crippen LogP) is 2.92. The maximum atomic E-state index is 14.1. The van der Waals surface area contributed by atoms with Crippen LogP contribution in [0.2, 0.25) is 5.02 Å². The fourth-order valence-electron chi connectivity index (χ4n) is 3.76. The Bertz CT molecular complexity index is 1310. The van der Waals surface area contributed by atoms with Gasteiger partial charge in [-0.1, -0.05) is 17.7 Å². The maximum absolute atomic E-state index is 14.1. The first-order valence-corrected chi connectivity index (χ1v) is 11.4. The molecule has 2 heterocycles. The van der Waals surface area contributed by atoms with Crippen LogP contribution in [0.5, 0.6) is 5.75 Å². The standard InChI is InChI=1S/C21H16ClFN4O5S/c1-24-16-5-4-14(8-15(16)23)32-19-9-27(12-21(19)11-26-20(28)10-31-21)33(29,30)18-6-3-13(22)7-17(18)25-2/h3-8,19H,9-12H2,(H,26,28)/t19-,21+/m0/s1. The Morgan fingerprint density at radius 2 is 1.97 bits per heavy atom. The van der Waals surface area contributed by atoms with E-state index >= 15 is 0 Å². The molecular formula is C21H16ClFN4O5S. The minimum atomic E-state index is -4.16. The van der Waals surface area contributed by atoms with Gasteiger partial charge in [-0.25, -0.2) is 22.5 Å². The van der Waals surface area contributed by atoms with E-state index in [4.69, 9.17) is 34.2 Å². The number of rotatable bonds is 4. The average Bonchev–Trinajstić information content (AvgIpc) is 3.14. The highest BCUT2D eigenvalue weighted by Gasteiger charge is 2.55. The van der Waals surface area contributed by atoms with E-state index in [0.29, 0.717) is 0 Å². The van der Waals surface area contributed by atoms with Crippen molar-refractivity contribution in [2.45, 2.75) is 16.6 Å². The van der Waals surface area contributed by atoms with Gasteiger partial charge in [-0.3, -0.25) is 4.79 Å². The molecule has 2 aromatic rings. The molecule has 0 radical (unpaired) electrons. The van der Waals surface area contributed by atoms with Gasteiger partial charge in [-0.05, 0) is 24.3 Å². The Kier molecular flexibility index (Phi) is 5.99. The Morgan fingerprint density at radius 1 is 1.21 bits per heavy atom. The van der Waals surface area contributed by atoms with Gasteiger partial charge < -0.3 is 14.8 Å². The summed E-state index contributed by atoms with van der Waals surface area (Å²) in [5, 5.41) is 2.88. The molecule has 0 aromatic heterocycles. The minimum Gasteiger partial charge on any atom is -0.486 e. The van der Waals surface area contributed by atoms with Crippen LogP contribution in [0, 0.1) is 19.0 Å². The number of benzene rings is 2. The first-order chi connectivity index (χ1) is 15.7. The number of nitrogens with zero attached hydrogens (tertiary/aromatic N) is 3. The highest BCUT2D eigenvalue weighted by atomic mass is 35.5. The molecule has 170 valence electrons. The molecule has 2 fully saturated rings. The summed E-state index contributed by atoms with van der Waals surface area (Å²) in [5.74, 6) is -1.06. The van der Waals surface area contributed by atoms with Crippen LogP contribution in [0.25, 0.3) is 9.69 Å². The fourth-order valence-corrected chi connectivity index (χ4v) is 5.54. The van der Waals surface area contributed by atoms with E-state index < -0.39 is 27.5 Å². The molecule has 1 spiro atoms. The molecule has 2 aliphatic rings. The van der Waals surface area contributed by atoms with E-state index in [9.17, 15) is 17.6 Å². The van der Waals surface area contributed by atoms with Crippen LogP contribution >= 0.6 is 11.6 Å². The number of carbonyl (C=O) groups is 1. The molecule has 33 heavy (non-hydrogen) atoms. The van der Waals surface area contributed by atoms with Crippen molar-refractivity contribution in [1.29, 1.82) is 0 Å². The van der Waals surface area contributed by atoms with Gasteiger partial charge in [-0.15, -0.1) is 0 Å². The van der Waals surface area contributed by atoms with Crippen LogP contribution < -0.4 is 10.1 Å². The number of hydrogen-bond acceptors (Lipinski definition) is 5. The molecule has 2 aliphatic heterocycles. The van der Waals surface area contributed by atoms with Crippen LogP contribution in [-0.4, -0.2) is 56.6 Å². The molecule has 0 saturated carbocycles. The summed E-state index contributed by atoms with van der Waals surface area (Å²) in [7, 11) is -4.16. The maximum Gasteiger partial charge on any atom is 0.246 e. The summed E-state index contributed by atoms with van der Waals surface area (Å²) in [4.78, 5) is 17.8. The molecule has 4 rings (SSSR count). The van der Waals surface area contributed by atoms with Crippen LogP contribution in [0.4, 0.5) is 15.8 Å². The predicted molar refractivity (Wildman–Crippen MR) is 115 cm³/mol. The molecule has 1 amide bonds. The van der Waals surface area contributed by atoms with Crippen LogP contribution in [0.15, 0.2) is 41.3 Å². The highest BCUT2D eigenvalue weighted by Crippen LogP contribution is 2.37. The van der Waals surface area contributed by atoms with E-state index in [-0.39, 0.29) is 59.2 Å². The Balaban J connectivity index is 1.69. The molecule has 0 unspecified atom stereocenters. The third-order valence-corrected chi connectivity index (χ3v) is 7.55. The normalized spacial score (nSPS) is 23.0. The van der Waals surface area contributed by atoms with Gasteiger partial charge >= 0.3 is 0 Å². The van der Waals surface area contributed by atoms with E-state index in [1.807, 2.05) is 0 Å². The Morgan fingerprint density at radius 3 is 2.61 bits per heavy atom. The smallest absolute Gasteiger partial charge is 0.246 e. The van der Waals surface area contributed by atoms with Gasteiger partial charge in [0.05, 0.1) is 31.1 Å². The van der Waals surface area contributed by atoms with Crippen molar-refractivity contribution in [1.82, 2.24) is 9.62 Å². The Labute approximate surface area is 194 Å². The second-order valence-electron chi connectivity index (χ2n) is 7.48. The van der Waals surface area contributed by atoms with Gasteiger partial charge in [0.25, 0.3) is 0 Å². The molecule has 9 nitrogen and oxygen atoms in total. The van der Waals surface area contributed by atoms with Gasteiger partial charge in [0.2, 0.25) is 27.3 Å². The second-order valence-corrected chi connectivity index (χ2v) is 9.83. The van der Waals surface area contributed by atoms with Gasteiger partial charge in [-0.2, -0.15) is 4.31 Å². The zero-order valence-corrected chi connectivity index (χ0v) is 18.5. The molecule has 0 bridgehead atoms. The van der Waals surface area contributed by atoms with Gasteiger partial charge in [0, 0.05) is 17.6 Å². The molecule has 2 saturated heterocycles. The molecule has 12 heteroatoms. The number of sulfonamides is 1. The number of nitrogens with one attached hydrogen (secondary N) is 1. The lowest BCUT2D eigenvalue weighted by molar-refractivity contribution is -0.150. The summed E-state index contributed by atoms with van der Waals surface area (Å²) in [5.41, 5.74) is -1.54. The van der Waals surface area contributed by atoms with E-state index in [1.165, 1.54) is 30.3 Å². The van der Waals surface area contributed by atoms with Crippen molar-refractivity contribution in [2.24, 2.45) is 0 Å². The van der Waals surface area contributed by atoms with Crippen molar-refractivity contribution >= 4 is 38.9 Å². The van der Waals surface area contributed by atoms with Crippen molar-refractivity contribution in [2.75, 3.05) is 26.2 Å². The number of halogens is 2. The van der Waals surface area contributed by atoms with Crippen LogP contribution in [-0.2, 0) is 19.6 Å². The molecule has 2 aromatic carbocycles. The lowest BCUT2D eigenvalue weighted by Gasteiger charge is -2.37.